The summed E-state index contributed by atoms with van der Waals surface area (Å²) in [4.78, 5) is 0. The molecule has 1 heterocycles. The van der Waals surface area contributed by atoms with Crippen LogP contribution >= 0.6 is 0 Å². The minimum atomic E-state index is 0.128. The molecule has 1 fully saturated rings. The van der Waals surface area contributed by atoms with Gasteiger partial charge in [-0.2, -0.15) is 0 Å². The Balaban J connectivity index is 2.17. The van der Waals surface area contributed by atoms with Gasteiger partial charge in [-0.3, -0.25) is 0 Å². The molecule has 1 aliphatic heterocycles. The van der Waals surface area contributed by atoms with E-state index in [2.05, 4.69) is 17.4 Å². The van der Waals surface area contributed by atoms with Gasteiger partial charge in [-0.25, -0.2) is 5.32 Å². The molecule has 1 aromatic carbocycles. The lowest BCUT2D eigenvalue weighted by Gasteiger charge is -2.23. The van der Waals surface area contributed by atoms with Crippen LogP contribution in [-0.4, -0.2) is 26.8 Å². The van der Waals surface area contributed by atoms with Crippen molar-refractivity contribution in [1.29, 1.82) is 0 Å². The van der Waals surface area contributed by atoms with Crippen molar-refractivity contribution in [2.45, 2.75) is 13.0 Å². The third-order valence-electron chi connectivity index (χ3n) is 2.65. The molecular weight excluding hydrogens is 190 g/mol. The number of benzene rings is 1. The SMILES string of the molecule is COc1ccc([C@H]2C[N]CCO2)cc1C. The van der Waals surface area contributed by atoms with Gasteiger partial charge in [-0.05, 0) is 30.2 Å². The molecule has 0 bridgehead atoms. The summed E-state index contributed by atoms with van der Waals surface area (Å²) >= 11 is 0. The normalized spacial score (nSPS) is 21.3. The van der Waals surface area contributed by atoms with Crippen LogP contribution < -0.4 is 10.1 Å². The molecule has 3 heteroatoms. The average molecular weight is 206 g/mol. The lowest BCUT2D eigenvalue weighted by molar-refractivity contribution is 0.0260. The number of ether oxygens (including phenoxy) is 2. The van der Waals surface area contributed by atoms with E-state index < -0.39 is 0 Å². The molecule has 81 valence electrons. The second kappa shape index (κ2) is 4.64. The summed E-state index contributed by atoms with van der Waals surface area (Å²) in [6.07, 6.45) is 0.128. The first kappa shape index (κ1) is 10.5. The highest BCUT2D eigenvalue weighted by Gasteiger charge is 2.16. The van der Waals surface area contributed by atoms with Crippen molar-refractivity contribution >= 4 is 0 Å². The highest BCUT2D eigenvalue weighted by molar-refractivity contribution is 5.37. The van der Waals surface area contributed by atoms with Crippen LogP contribution in [0.25, 0.3) is 0 Å². The maximum absolute atomic E-state index is 5.66. The lowest BCUT2D eigenvalue weighted by Crippen LogP contribution is -2.28. The monoisotopic (exact) mass is 206 g/mol. The summed E-state index contributed by atoms with van der Waals surface area (Å²) in [7, 11) is 1.69. The first-order valence-corrected chi connectivity index (χ1v) is 5.20. The fourth-order valence-electron chi connectivity index (χ4n) is 1.82. The maximum atomic E-state index is 5.66. The second-order valence-electron chi connectivity index (χ2n) is 3.72. The molecule has 2 rings (SSSR count). The van der Waals surface area contributed by atoms with Crippen molar-refractivity contribution < 1.29 is 9.47 Å². The Morgan fingerprint density at radius 1 is 1.47 bits per heavy atom. The van der Waals surface area contributed by atoms with E-state index in [0.29, 0.717) is 0 Å². The number of aryl methyl sites for hydroxylation is 1. The van der Waals surface area contributed by atoms with Crippen LogP contribution in [0.5, 0.6) is 5.75 Å². The molecule has 0 N–H and O–H groups in total. The Bertz CT molecular complexity index is 332. The molecule has 0 aromatic heterocycles. The van der Waals surface area contributed by atoms with Crippen molar-refractivity contribution in [3.8, 4) is 5.75 Å². The fourth-order valence-corrected chi connectivity index (χ4v) is 1.82. The number of nitrogens with zero attached hydrogens (tertiary/aromatic N) is 1. The van der Waals surface area contributed by atoms with Crippen LogP contribution in [0, 0.1) is 6.92 Å². The largest absolute Gasteiger partial charge is 0.496 e. The predicted molar refractivity (Wildman–Crippen MR) is 58.3 cm³/mol. The summed E-state index contributed by atoms with van der Waals surface area (Å²) in [5.74, 6) is 0.923. The summed E-state index contributed by atoms with van der Waals surface area (Å²) in [5.41, 5.74) is 2.33. The van der Waals surface area contributed by atoms with Crippen molar-refractivity contribution in [3.05, 3.63) is 29.3 Å². The highest BCUT2D eigenvalue weighted by atomic mass is 16.5. The zero-order chi connectivity index (χ0) is 10.7. The highest BCUT2D eigenvalue weighted by Crippen LogP contribution is 2.25. The maximum Gasteiger partial charge on any atom is 0.121 e. The topological polar surface area (TPSA) is 32.6 Å². The molecule has 0 unspecified atom stereocenters. The van der Waals surface area contributed by atoms with E-state index in [-0.39, 0.29) is 6.10 Å². The van der Waals surface area contributed by atoms with Gasteiger partial charge >= 0.3 is 0 Å². The van der Waals surface area contributed by atoms with Crippen LogP contribution in [-0.2, 0) is 4.74 Å². The van der Waals surface area contributed by atoms with Crippen LogP contribution in [0.3, 0.4) is 0 Å². The van der Waals surface area contributed by atoms with Gasteiger partial charge < -0.3 is 9.47 Å². The van der Waals surface area contributed by atoms with E-state index in [4.69, 9.17) is 9.47 Å². The second-order valence-corrected chi connectivity index (χ2v) is 3.72. The van der Waals surface area contributed by atoms with Crippen molar-refractivity contribution in [3.63, 3.8) is 0 Å². The van der Waals surface area contributed by atoms with Gasteiger partial charge in [0.05, 0.1) is 19.8 Å². The molecule has 1 saturated heterocycles. The molecule has 1 radical (unpaired) electrons. The van der Waals surface area contributed by atoms with E-state index in [1.165, 1.54) is 5.56 Å². The van der Waals surface area contributed by atoms with Crippen molar-refractivity contribution in [2.24, 2.45) is 0 Å². The number of hydrogen-bond donors (Lipinski definition) is 0. The minimum absolute atomic E-state index is 0.128. The Labute approximate surface area is 90.4 Å². The molecule has 0 aliphatic carbocycles. The molecule has 1 atom stereocenters. The quantitative estimate of drug-likeness (QED) is 0.737. The first-order chi connectivity index (χ1) is 7.31. The third kappa shape index (κ3) is 2.30. The Morgan fingerprint density at radius 3 is 2.93 bits per heavy atom. The molecule has 0 spiro atoms. The summed E-state index contributed by atoms with van der Waals surface area (Å²) in [6, 6.07) is 6.16. The smallest absolute Gasteiger partial charge is 0.121 e. The van der Waals surface area contributed by atoms with Gasteiger partial charge in [-0.15, -0.1) is 0 Å². The van der Waals surface area contributed by atoms with Crippen LogP contribution in [0.15, 0.2) is 18.2 Å². The van der Waals surface area contributed by atoms with E-state index in [9.17, 15) is 0 Å². The molecule has 0 saturated carbocycles. The number of hydrogen-bond acceptors (Lipinski definition) is 2. The van der Waals surface area contributed by atoms with Gasteiger partial charge in [-0.1, -0.05) is 6.07 Å². The van der Waals surface area contributed by atoms with Crippen molar-refractivity contribution in [2.75, 3.05) is 26.8 Å². The standard InChI is InChI=1S/C12H16NO2/c1-9-7-10(3-4-11(9)14-2)12-8-13-5-6-15-12/h3-4,7,12H,5-6,8H2,1-2H3/t12-/m1/s1. The van der Waals surface area contributed by atoms with Gasteiger partial charge in [0.1, 0.15) is 5.75 Å². The Morgan fingerprint density at radius 2 is 2.33 bits per heavy atom. The molecule has 1 aromatic rings. The van der Waals surface area contributed by atoms with Gasteiger partial charge in [0.25, 0.3) is 0 Å². The first-order valence-electron chi connectivity index (χ1n) is 5.20. The summed E-state index contributed by atoms with van der Waals surface area (Å²) < 4.78 is 10.9. The van der Waals surface area contributed by atoms with E-state index in [1.807, 2.05) is 13.0 Å². The predicted octanol–water partition coefficient (Wildman–Crippen LogP) is 1.68. The minimum Gasteiger partial charge on any atom is -0.496 e. The Kier molecular flexibility index (Phi) is 3.23. The average Bonchev–Trinajstić information content (AvgIpc) is 2.30. The number of methoxy groups -OCH3 is 1. The fraction of sp³-hybridized carbons (Fsp3) is 0.500. The molecule has 15 heavy (non-hydrogen) atoms. The van der Waals surface area contributed by atoms with Gasteiger partial charge in [0, 0.05) is 13.1 Å². The Hall–Kier alpha value is -1.06. The third-order valence-corrected chi connectivity index (χ3v) is 2.65. The molecule has 0 amide bonds. The van der Waals surface area contributed by atoms with Crippen molar-refractivity contribution in [1.82, 2.24) is 5.32 Å². The zero-order valence-corrected chi connectivity index (χ0v) is 9.19. The molecule has 3 nitrogen and oxygen atoms in total. The zero-order valence-electron chi connectivity index (χ0n) is 9.19. The van der Waals surface area contributed by atoms with Gasteiger partial charge in [0.2, 0.25) is 0 Å². The summed E-state index contributed by atoms with van der Waals surface area (Å²) in [6.45, 7) is 4.37. The van der Waals surface area contributed by atoms with Crippen LogP contribution in [0.4, 0.5) is 0 Å². The molecule has 1 aliphatic rings. The van der Waals surface area contributed by atoms with E-state index in [0.717, 1.165) is 31.0 Å². The molecular formula is C12H16NO2. The number of morpholine rings is 1. The lowest BCUT2D eigenvalue weighted by atomic mass is 10.1. The summed E-state index contributed by atoms with van der Waals surface area (Å²) in [5, 5.41) is 4.35. The van der Waals surface area contributed by atoms with Crippen LogP contribution in [0.2, 0.25) is 0 Å². The van der Waals surface area contributed by atoms with E-state index in [1.54, 1.807) is 7.11 Å². The van der Waals surface area contributed by atoms with E-state index >= 15 is 0 Å². The van der Waals surface area contributed by atoms with Crippen LogP contribution in [0.1, 0.15) is 17.2 Å². The number of rotatable bonds is 2. The van der Waals surface area contributed by atoms with Gasteiger partial charge in [0.15, 0.2) is 0 Å².